The lowest BCUT2D eigenvalue weighted by atomic mass is 9.95. The molecule has 1 aliphatic rings. The minimum absolute atomic E-state index is 0.0567. The molecular weight excluding hydrogens is 460 g/mol. The number of aromatic nitrogens is 4. The molecule has 198 valence electrons. The zero-order valence-electron chi connectivity index (χ0n) is 23.2. The highest BCUT2D eigenvalue weighted by atomic mass is 16.1. The quantitative estimate of drug-likeness (QED) is 0.389. The molecule has 0 bridgehead atoms. The normalized spacial score (nSPS) is 14.8. The van der Waals surface area contributed by atoms with Crippen LogP contribution in [0.5, 0.6) is 0 Å². The Morgan fingerprint density at radius 1 is 0.892 bits per heavy atom. The van der Waals surface area contributed by atoms with Gasteiger partial charge in [0, 0.05) is 61.7 Å². The lowest BCUT2D eigenvalue weighted by Gasteiger charge is -2.36. The molecule has 1 fully saturated rings. The molecule has 0 spiro atoms. The van der Waals surface area contributed by atoms with Crippen molar-refractivity contribution in [3.63, 3.8) is 0 Å². The van der Waals surface area contributed by atoms with Crippen LogP contribution in [0.4, 0.5) is 5.82 Å². The van der Waals surface area contributed by atoms with Gasteiger partial charge in [0.1, 0.15) is 11.6 Å². The summed E-state index contributed by atoms with van der Waals surface area (Å²) in [6, 6.07) is 12.2. The lowest BCUT2D eigenvalue weighted by molar-refractivity contribution is 0.250. The van der Waals surface area contributed by atoms with Crippen LogP contribution in [0, 0.1) is 6.92 Å². The van der Waals surface area contributed by atoms with E-state index in [1.165, 1.54) is 5.56 Å². The largest absolute Gasteiger partial charge is 0.354 e. The van der Waals surface area contributed by atoms with Crippen LogP contribution in [-0.4, -0.2) is 57.1 Å². The van der Waals surface area contributed by atoms with Crippen LogP contribution in [0.1, 0.15) is 64.0 Å². The van der Waals surface area contributed by atoms with Gasteiger partial charge >= 0.3 is 5.69 Å². The van der Waals surface area contributed by atoms with Crippen molar-refractivity contribution in [1.82, 2.24) is 24.4 Å². The first kappa shape index (κ1) is 27.0. The molecular formula is C30H42N6O. The number of hydrogen-bond donors (Lipinski definition) is 0. The molecule has 1 aliphatic heterocycles. The van der Waals surface area contributed by atoms with E-state index in [1.54, 1.807) is 4.57 Å². The zero-order valence-corrected chi connectivity index (χ0v) is 23.2. The van der Waals surface area contributed by atoms with E-state index in [-0.39, 0.29) is 11.1 Å². The van der Waals surface area contributed by atoms with E-state index in [9.17, 15) is 4.79 Å². The summed E-state index contributed by atoms with van der Waals surface area (Å²) in [6.07, 6.45) is 5.99. The van der Waals surface area contributed by atoms with Gasteiger partial charge in [-0.25, -0.2) is 14.8 Å². The number of anilines is 1. The van der Waals surface area contributed by atoms with E-state index in [2.05, 4.69) is 55.5 Å². The lowest BCUT2D eigenvalue weighted by Crippen LogP contribution is -2.47. The second-order valence-corrected chi connectivity index (χ2v) is 11.2. The zero-order chi connectivity index (χ0) is 26.4. The van der Waals surface area contributed by atoms with Crippen molar-refractivity contribution in [2.24, 2.45) is 0 Å². The Morgan fingerprint density at radius 2 is 1.59 bits per heavy atom. The highest BCUT2D eigenvalue weighted by Gasteiger charge is 2.23. The molecule has 4 rings (SSSR count). The van der Waals surface area contributed by atoms with E-state index in [0.717, 1.165) is 87.0 Å². The molecule has 0 N–H and O–H groups in total. The Kier molecular flexibility index (Phi) is 8.75. The van der Waals surface area contributed by atoms with Crippen LogP contribution in [0.2, 0.25) is 0 Å². The first-order valence-corrected chi connectivity index (χ1v) is 13.7. The Hall–Kier alpha value is -3.06. The van der Waals surface area contributed by atoms with Gasteiger partial charge in [-0.3, -0.25) is 9.47 Å². The minimum atomic E-state index is -0.173. The second-order valence-electron chi connectivity index (χ2n) is 11.2. The first-order valence-electron chi connectivity index (χ1n) is 13.7. The summed E-state index contributed by atoms with van der Waals surface area (Å²) in [5.41, 5.74) is 3.83. The van der Waals surface area contributed by atoms with Crippen LogP contribution in [-0.2, 0) is 18.4 Å². The van der Waals surface area contributed by atoms with Crippen LogP contribution < -0.4 is 10.6 Å². The molecule has 37 heavy (non-hydrogen) atoms. The van der Waals surface area contributed by atoms with Crippen molar-refractivity contribution in [3.05, 3.63) is 70.2 Å². The summed E-state index contributed by atoms with van der Waals surface area (Å²) in [7, 11) is 0. The standard InChI is InChI=1S/C30H42N6O/c1-6-9-25-22-27(33-28(31-25)30(3,4)5)35-20-18-34(19-21-35)15-7-8-16-36-17-14-26(32-29(36)37)24-12-10-23(2)11-13-24/h10-14,17,22H,6-9,15-16,18-21H2,1-5H3. The molecule has 3 heterocycles. The number of piperazine rings is 1. The molecule has 0 aliphatic carbocycles. The molecule has 0 amide bonds. The van der Waals surface area contributed by atoms with E-state index in [4.69, 9.17) is 9.97 Å². The predicted molar refractivity (Wildman–Crippen MR) is 151 cm³/mol. The number of rotatable bonds is 9. The van der Waals surface area contributed by atoms with Crippen LogP contribution in [0.3, 0.4) is 0 Å². The third-order valence-corrected chi connectivity index (χ3v) is 6.98. The van der Waals surface area contributed by atoms with E-state index < -0.39 is 0 Å². The smallest absolute Gasteiger partial charge is 0.348 e. The van der Waals surface area contributed by atoms with E-state index >= 15 is 0 Å². The summed E-state index contributed by atoms with van der Waals surface area (Å²) in [5.74, 6) is 2.01. The van der Waals surface area contributed by atoms with Gasteiger partial charge in [0.15, 0.2) is 0 Å². The van der Waals surface area contributed by atoms with Crippen molar-refractivity contribution in [3.8, 4) is 11.3 Å². The number of unbranched alkanes of at least 4 members (excludes halogenated alkanes) is 1. The SMILES string of the molecule is CCCc1cc(N2CCN(CCCCn3ccc(-c4ccc(C)cc4)nc3=O)CC2)nc(C(C)(C)C)n1. The topological polar surface area (TPSA) is 67.2 Å². The summed E-state index contributed by atoms with van der Waals surface area (Å²) in [4.78, 5) is 31.5. The van der Waals surface area contributed by atoms with Gasteiger partial charge in [0.2, 0.25) is 0 Å². The summed E-state index contributed by atoms with van der Waals surface area (Å²) in [5, 5.41) is 0. The third kappa shape index (κ3) is 7.25. The first-order chi connectivity index (χ1) is 17.7. The molecule has 2 aromatic heterocycles. The Morgan fingerprint density at radius 3 is 2.24 bits per heavy atom. The Balaban J connectivity index is 1.25. The van der Waals surface area contributed by atoms with Crippen LogP contribution >= 0.6 is 0 Å². The minimum Gasteiger partial charge on any atom is -0.354 e. The molecule has 0 atom stereocenters. The molecule has 7 heteroatoms. The maximum absolute atomic E-state index is 12.5. The number of nitrogens with zero attached hydrogens (tertiary/aromatic N) is 6. The fraction of sp³-hybridized carbons (Fsp3) is 0.533. The van der Waals surface area contributed by atoms with Gasteiger partial charge in [-0.05, 0) is 38.8 Å². The maximum atomic E-state index is 12.5. The molecule has 1 saturated heterocycles. The average molecular weight is 503 g/mol. The highest BCUT2D eigenvalue weighted by Crippen LogP contribution is 2.24. The third-order valence-electron chi connectivity index (χ3n) is 6.98. The molecule has 1 aromatic carbocycles. The molecule has 3 aromatic rings. The Labute approximate surface area is 221 Å². The summed E-state index contributed by atoms with van der Waals surface area (Å²) >= 11 is 0. The second kappa shape index (κ2) is 12.0. The van der Waals surface area contributed by atoms with E-state index in [1.807, 2.05) is 36.5 Å². The van der Waals surface area contributed by atoms with Crippen molar-refractivity contribution in [2.45, 2.75) is 72.3 Å². The van der Waals surface area contributed by atoms with Crippen LogP contribution in [0.25, 0.3) is 11.3 Å². The van der Waals surface area contributed by atoms with Crippen molar-refractivity contribution >= 4 is 5.82 Å². The Bertz CT molecular complexity index is 1220. The number of aryl methyl sites for hydroxylation is 3. The number of benzene rings is 1. The molecule has 0 saturated carbocycles. The molecule has 0 radical (unpaired) electrons. The van der Waals surface area contributed by atoms with Crippen molar-refractivity contribution < 1.29 is 0 Å². The van der Waals surface area contributed by atoms with Gasteiger partial charge < -0.3 is 4.90 Å². The van der Waals surface area contributed by atoms with Crippen LogP contribution in [0.15, 0.2) is 47.4 Å². The van der Waals surface area contributed by atoms with Gasteiger partial charge in [-0.2, -0.15) is 4.98 Å². The highest BCUT2D eigenvalue weighted by molar-refractivity contribution is 5.58. The molecule has 0 unspecified atom stereocenters. The number of hydrogen-bond acceptors (Lipinski definition) is 6. The molecule has 7 nitrogen and oxygen atoms in total. The van der Waals surface area contributed by atoms with Gasteiger partial charge in [0.25, 0.3) is 0 Å². The average Bonchev–Trinajstić information content (AvgIpc) is 2.88. The monoisotopic (exact) mass is 502 g/mol. The van der Waals surface area contributed by atoms with Crippen molar-refractivity contribution in [2.75, 3.05) is 37.6 Å². The summed E-state index contributed by atoms with van der Waals surface area (Å²) in [6.45, 7) is 16.6. The predicted octanol–water partition coefficient (Wildman–Crippen LogP) is 4.86. The fourth-order valence-electron chi connectivity index (χ4n) is 4.67. The summed E-state index contributed by atoms with van der Waals surface area (Å²) < 4.78 is 1.73. The van der Waals surface area contributed by atoms with Gasteiger partial charge in [0.05, 0.1) is 5.69 Å². The van der Waals surface area contributed by atoms with Gasteiger partial charge in [-0.15, -0.1) is 0 Å². The van der Waals surface area contributed by atoms with E-state index in [0.29, 0.717) is 6.54 Å². The fourth-order valence-corrected chi connectivity index (χ4v) is 4.67. The maximum Gasteiger partial charge on any atom is 0.348 e. The van der Waals surface area contributed by atoms with Crippen molar-refractivity contribution in [1.29, 1.82) is 0 Å². The van der Waals surface area contributed by atoms with Gasteiger partial charge in [-0.1, -0.05) is 63.9 Å².